The zero-order valence-corrected chi connectivity index (χ0v) is 10.6. The SMILES string of the molecule is Cc1ccc(-c2nc(N)sc2C(C)C)cc1. The van der Waals surface area contributed by atoms with Crippen LogP contribution in [0.5, 0.6) is 0 Å². The van der Waals surface area contributed by atoms with Crippen molar-refractivity contribution in [3.05, 3.63) is 34.7 Å². The Morgan fingerprint density at radius 3 is 2.38 bits per heavy atom. The Labute approximate surface area is 100 Å². The third kappa shape index (κ3) is 2.09. The van der Waals surface area contributed by atoms with E-state index in [9.17, 15) is 0 Å². The first-order chi connectivity index (χ1) is 7.58. The molecule has 0 aliphatic rings. The van der Waals surface area contributed by atoms with Crippen LogP contribution >= 0.6 is 11.3 Å². The van der Waals surface area contributed by atoms with Gasteiger partial charge in [-0.25, -0.2) is 4.98 Å². The highest BCUT2D eigenvalue weighted by atomic mass is 32.1. The molecule has 1 aromatic heterocycles. The fourth-order valence-electron chi connectivity index (χ4n) is 1.66. The Morgan fingerprint density at radius 2 is 1.81 bits per heavy atom. The van der Waals surface area contributed by atoms with Crippen LogP contribution in [-0.2, 0) is 0 Å². The van der Waals surface area contributed by atoms with E-state index in [2.05, 4.69) is 50.0 Å². The van der Waals surface area contributed by atoms with Crippen LogP contribution in [0.25, 0.3) is 11.3 Å². The third-order valence-electron chi connectivity index (χ3n) is 2.52. The lowest BCUT2D eigenvalue weighted by molar-refractivity contribution is 0.888. The maximum atomic E-state index is 5.79. The van der Waals surface area contributed by atoms with Gasteiger partial charge in [-0.15, -0.1) is 11.3 Å². The van der Waals surface area contributed by atoms with Crippen molar-refractivity contribution in [3.8, 4) is 11.3 Å². The molecule has 2 N–H and O–H groups in total. The molecule has 0 amide bonds. The maximum absolute atomic E-state index is 5.79. The van der Waals surface area contributed by atoms with E-state index in [0.29, 0.717) is 11.0 Å². The fourth-order valence-corrected chi connectivity index (χ4v) is 2.52. The predicted molar refractivity (Wildman–Crippen MR) is 70.8 cm³/mol. The van der Waals surface area contributed by atoms with Crippen molar-refractivity contribution in [1.29, 1.82) is 0 Å². The summed E-state index contributed by atoms with van der Waals surface area (Å²) < 4.78 is 0. The monoisotopic (exact) mass is 232 g/mol. The first kappa shape index (κ1) is 11.1. The van der Waals surface area contributed by atoms with E-state index >= 15 is 0 Å². The summed E-state index contributed by atoms with van der Waals surface area (Å²) in [6.07, 6.45) is 0. The van der Waals surface area contributed by atoms with Gasteiger partial charge in [0, 0.05) is 10.4 Å². The van der Waals surface area contributed by atoms with Gasteiger partial charge in [0.15, 0.2) is 5.13 Å². The van der Waals surface area contributed by atoms with E-state index in [0.717, 1.165) is 11.3 Å². The highest BCUT2D eigenvalue weighted by Gasteiger charge is 2.14. The summed E-state index contributed by atoms with van der Waals surface area (Å²) in [4.78, 5) is 5.69. The number of hydrogen-bond acceptors (Lipinski definition) is 3. The summed E-state index contributed by atoms with van der Waals surface area (Å²) in [6.45, 7) is 6.43. The van der Waals surface area contributed by atoms with Crippen LogP contribution in [0.15, 0.2) is 24.3 Å². The molecule has 0 bridgehead atoms. The van der Waals surface area contributed by atoms with Crippen LogP contribution in [0, 0.1) is 6.92 Å². The lowest BCUT2D eigenvalue weighted by atomic mass is 10.0. The van der Waals surface area contributed by atoms with Crippen molar-refractivity contribution in [2.75, 3.05) is 5.73 Å². The molecule has 2 rings (SSSR count). The largest absolute Gasteiger partial charge is 0.375 e. The number of aromatic nitrogens is 1. The second kappa shape index (κ2) is 4.26. The van der Waals surface area contributed by atoms with Crippen molar-refractivity contribution in [1.82, 2.24) is 4.98 Å². The second-order valence-electron chi connectivity index (χ2n) is 4.29. The summed E-state index contributed by atoms with van der Waals surface area (Å²) >= 11 is 1.59. The van der Waals surface area contributed by atoms with Gasteiger partial charge in [-0.1, -0.05) is 43.7 Å². The molecule has 0 aliphatic heterocycles. The van der Waals surface area contributed by atoms with Crippen LogP contribution in [-0.4, -0.2) is 4.98 Å². The summed E-state index contributed by atoms with van der Waals surface area (Å²) in [5.41, 5.74) is 9.25. The van der Waals surface area contributed by atoms with Crippen molar-refractivity contribution < 1.29 is 0 Å². The number of benzene rings is 1. The lowest BCUT2D eigenvalue weighted by Crippen LogP contribution is -1.88. The Bertz CT molecular complexity index is 483. The first-order valence-electron chi connectivity index (χ1n) is 5.41. The van der Waals surface area contributed by atoms with Crippen molar-refractivity contribution in [3.63, 3.8) is 0 Å². The van der Waals surface area contributed by atoms with Crippen molar-refractivity contribution >= 4 is 16.5 Å². The maximum Gasteiger partial charge on any atom is 0.180 e. The summed E-state index contributed by atoms with van der Waals surface area (Å²) in [5.74, 6) is 0.464. The lowest BCUT2D eigenvalue weighted by Gasteiger charge is -2.05. The molecule has 0 aliphatic carbocycles. The quantitative estimate of drug-likeness (QED) is 0.854. The standard InChI is InChI=1S/C13H16N2S/c1-8(2)12-11(15-13(14)16-12)10-6-4-9(3)5-7-10/h4-8H,1-3H3,(H2,14,15). The fraction of sp³-hybridized carbons (Fsp3) is 0.308. The Hall–Kier alpha value is -1.35. The van der Waals surface area contributed by atoms with Crippen LogP contribution in [0.1, 0.15) is 30.2 Å². The van der Waals surface area contributed by atoms with Gasteiger partial charge in [-0.3, -0.25) is 0 Å². The smallest absolute Gasteiger partial charge is 0.180 e. The number of nitrogens with two attached hydrogens (primary N) is 1. The van der Waals surface area contributed by atoms with Crippen LogP contribution in [0.4, 0.5) is 5.13 Å². The zero-order valence-electron chi connectivity index (χ0n) is 9.82. The number of thiazole rings is 1. The molecule has 1 aromatic carbocycles. The van der Waals surface area contributed by atoms with Crippen LogP contribution in [0.2, 0.25) is 0 Å². The molecule has 0 atom stereocenters. The molecule has 0 fully saturated rings. The third-order valence-corrected chi connectivity index (χ3v) is 3.70. The van der Waals surface area contributed by atoms with Gasteiger partial charge in [0.25, 0.3) is 0 Å². The number of nitrogens with zero attached hydrogens (tertiary/aromatic N) is 1. The molecule has 84 valence electrons. The number of hydrogen-bond donors (Lipinski definition) is 1. The van der Waals surface area contributed by atoms with E-state index < -0.39 is 0 Å². The molecule has 0 unspecified atom stereocenters. The van der Waals surface area contributed by atoms with Gasteiger partial charge in [-0.05, 0) is 12.8 Å². The molecule has 0 saturated carbocycles. The predicted octanol–water partition coefficient (Wildman–Crippen LogP) is 3.82. The molecule has 3 heteroatoms. The van der Waals surface area contributed by atoms with Gasteiger partial charge in [0.2, 0.25) is 0 Å². The minimum Gasteiger partial charge on any atom is -0.375 e. The van der Waals surface area contributed by atoms with Gasteiger partial charge >= 0.3 is 0 Å². The van der Waals surface area contributed by atoms with Crippen LogP contribution < -0.4 is 5.73 Å². The van der Waals surface area contributed by atoms with Gasteiger partial charge in [0.05, 0.1) is 5.69 Å². The summed E-state index contributed by atoms with van der Waals surface area (Å²) in [7, 11) is 0. The van der Waals surface area contributed by atoms with Gasteiger partial charge in [-0.2, -0.15) is 0 Å². The second-order valence-corrected chi connectivity index (χ2v) is 5.35. The van der Waals surface area contributed by atoms with E-state index in [1.807, 2.05) is 0 Å². The highest BCUT2D eigenvalue weighted by Crippen LogP contribution is 2.34. The number of nitrogen functional groups attached to an aromatic ring is 1. The number of rotatable bonds is 2. The molecule has 1 heterocycles. The molecular formula is C13H16N2S. The number of anilines is 1. The van der Waals surface area contributed by atoms with Crippen LogP contribution in [0.3, 0.4) is 0 Å². The van der Waals surface area contributed by atoms with Gasteiger partial charge < -0.3 is 5.73 Å². The molecule has 0 radical (unpaired) electrons. The van der Waals surface area contributed by atoms with Gasteiger partial charge in [0.1, 0.15) is 0 Å². The zero-order chi connectivity index (χ0) is 11.7. The minimum atomic E-state index is 0.464. The highest BCUT2D eigenvalue weighted by molar-refractivity contribution is 7.15. The minimum absolute atomic E-state index is 0.464. The summed E-state index contributed by atoms with van der Waals surface area (Å²) in [5, 5.41) is 0.652. The Kier molecular flexibility index (Phi) is 2.97. The van der Waals surface area contributed by atoms with E-state index in [1.165, 1.54) is 10.4 Å². The average Bonchev–Trinajstić information content (AvgIpc) is 2.61. The first-order valence-corrected chi connectivity index (χ1v) is 6.23. The van der Waals surface area contributed by atoms with E-state index in [1.54, 1.807) is 11.3 Å². The van der Waals surface area contributed by atoms with E-state index in [-0.39, 0.29) is 0 Å². The normalized spacial score (nSPS) is 11.0. The molecule has 0 spiro atoms. The topological polar surface area (TPSA) is 38.9 Å². The molecule has 2 nitrogen and oxygen atoms in total. The Morgan fingerprint density at radius 1 is 1.19 bits per heavy atom. The molecule has 0 saturated heterocycles. The van der Waals surface area contributed by atoms with Crippen molar-refractivity contribution in [2.45, 2.75) is 26.7 Å². The molecule has 16 heavy (non-hydrogen) atoms. The molecular weight excluding hydrogens is 216 g/mol. The summed E-state index contributed by atoms with van der Waals surface area (Å²) in [6, 6.07) is 8.43. The average molecular weight is 232 g/mol. The number of aryl methyl sites for hydroxylation is 1. The Balaban J connectivity index is 2.50. The van der Waals surface area contributed by atoms with Crippen molar-refractivity contribution in [2.24, 2.45) is 0 Å². The van der Waals surface area contributed by atoms with E-state index in [4.69, 9.17) is 5.73 Å². The molecule has 2 aromatic rings.